The fourth-order valence-corrected chi connectivity index (χ4v) is 4.58. The number of halogens is 1. The van der Waals surface area contributed by atoms with E-state index in [1.165, 1.54) is 0 Å². The number of hydrogen-bond acceptors (Lipinski definition) is 5. The van der Waals surface area contributed by atoms with Crippen molar-refractivity contribution in [3.8, 4) is 11.5 Å². The van der Waals surface area contributed by atoms with Gasteiger partial charge in [-0.15, -0.1) is 24.0 Å². The molecule has 0 saturated carbocycles. The molecule has 3 rings (SSSR count). The number of nitrogens with zero attached hydrogens (tertiary/aromatic N) is 2. The van der Waals surface area contributed by atoms with Crippen LogP contribution in [0.5, 0.6) is 11.5 Å². The first kappa shape index (κ1) is 22.1. The van der Waals surface area contributed by atoms with Crippen molar-refractivity contribution < 1.29 is 17.9 Å². The SMILES string of the molecule is CN=C(NCCc1ccc2c(c1)OCCO2)N1CCS(=O)(=O)C(C)(C)C1.I. The zero-order valence-electron chi connectivity index (χ0n) is 16.0. The quantitative estimate of drug-likeness (QED) is 0.380. The zero-order valence-corrected chi connectivity index (χ0v) is 19.2. The van der Waals surface area contributed by atoms with Crippen LogP contribution >= 0.6 is 24.0 Å². The monoisotopic (exact) mass is 509 g/mol. The topological polar surface area (TPSA) is 80.2 Å². The summed E-state index contributed by atoms with van der Waals surface area (Å²) >= 11 is 0. The van der Waals surface area contributed by atoms with Gasteiger partial charge in [0.2, 0.25) is 0 Å². The van der Waals surface area contributed by atoms with Gasteiger partial charge in [-0.25, -0.2) is 8.42 Å². The summed E-state index contributed by atoms with van der Waals surface area (Å²) in [6, 6.07) is 5.99. The third kappa shape index (κ3) is 4.98. The Hall–Kier alpha value is -1.23. The molecule has 1 fully saturated rings. The van der Waals surface area contributed by atoms with Crippen molar-refractivity contribution in [3.05, 3.63) is 23.8 Å². The highest BCUT2D eigenvalue weighted by Gasteiger charge is 2.40. The number of guanidine groups is 1. The molecule has 0 unspecified atom stereocenters. The summed E-state index contributed by atoms with van der Waals surface area (Å²) < 4.78 is 34.7. The minimum atomic E-state index is -3.06. The summed E-state index contributed by atoms with van der Waals surface area (Å²) in [6.07, 6.45) is 0.811. The fourth-order valence-electron chi connectivity index (χ4n) is 3.22. The molecule has 0 radical (unpaired) electrons. The molecule has 1 saturated heterocycles. The predicted molar refractivity (Wildman–Crippen MR) is 117 cm³/mol. The highest BCUT2D eigenvalue weighted by molar-refractivity contribution is 14.0. The van der Waals surface area contributed by atoms with Crippen molar-refractivity contribution in [1.29, 1.82) is 0 Å². The highest BCUT2D eigenvalue weighted by atomic mass is 127. The molecule has 1 aromatic rings. The zero-order chi connectivity index (χ0) is 18.8. The van der Waals surface area contributed by atoms with E-state index in [1.54, 1.807) is 20.9 Å². The molecule has 2 aliphatic heterocycles. The van der Waals surface area contributed by atoms with Crippen LogP contribution in [0, 0.1) is 0 Å². The molecule has 7 nitrogen and oxygen atoms in total. The fraction of sp³-hybridized carbons (Fsp3) is 0.611. The van der Waals surface area contributed by atoms with Gasteiger partial charge in [0.25, 0.3) is 0 Å². The number of fused-ring (bicyclic) bond motifs is 1. The number of sulfone groups is 1. The van der Waals surface area contributed by atoms with E-state index < -0.39 is 14.6 Å². The minimum Gasteiger partial charge on any atom is -0.486 e. The summed E-state index contributed by atoms with van der Waals surface area (Å²) in [5, 5.41) is 3.34. The first-order valence-electron chi connectivity index (χ1n) is 8.89. The summed E-state index contributed by atoms with van der Waals surface area (Å²) in [5.74, 6) is 2.48. The summed E-state index contributed by atoms with van der Waals surface area (Å²) in [5.41, 5.74) is 1.15. The first-order valence-corrected chi connectivity index (χ1v) is 10.5. The van der Waals surface area contributed by atoms with Crippen LogP contribution < -0.4 is 14.8 Å². The third-order valence-corrected chi connectivity index (χ3v) is 7.39. The van der Waals surface area contributed by atoms with E-state index in [9.17, 15) is 8.42 Å². The van der Waals surface area contributed by atoms with Crippen LogP contribution in [0.25, 0.3) is 0 Å². The van der Waals surface area contributed by atoms with Gasteiger partial charge in [-0.3, -0.25) is 4.99 Å². The third-order valence-electron chi connectivity index (χ3n) is 4.86. The van der Waals surface area contributed by atoms with Gasteiger partial charge >= 0.3 is 0 Å². The van der Waals surface area contributed by atoms with Crippen LogP contribution in [0.2, 0.25) is 0 Å². The smallest absolute Gasteiger partial charge is 0.193 e. The summed E-state index contributed by atoms with van der Waals surface area (Å²) in [6.45, 7) is 6.33. The van der Waals surface area contributed by atoms with Gasteiger partial charge in [-0.05, 0) is 38.0 Å². The number of hydrogen-bond donors (Lipinski definition) is 1. The Labute approximate surface area is 178 Å². The van der Waals surface area contributed by atoms with E-state index in [1.807, 2.05) is 23.1 Å². The Balaban J connectivity index is 0.00000261. The number of nitrogens with one attached hydrogen (secondary N) is 1. The van der Waals surface area contributed by atoms with Crippen molar-refractivity contribution in [2.75, 3.05) is 45.6 Å². The average molecular weight is 509 g/mol. The van der Waals surface area contributed by atoms with Crippen molar-refractivity contribution in [1.82, 2.24) is 10.2 Å². The highest BCUT2D eigenvalue weighted by Crippen LogP contribution is 2.30. The molecular weight excluding hydrogens is 481 g/mol. The van der Waals surface area contributed by atoms with Gasteiger partial charge in [0.05, 0.1) is 10.5 Å². The van der Waals surface area contributed by atoms with E-state index in [-0.39, 0.29) is 29.7 Å². The van der Waals surface area contributed by atoms with Crippen LogP contribution in [0.1, 0.15) is 19.4 Å². The van der Waals surface area contributed by atoms with E-state index in [2.05, 4.69) is 10.3 Å². The molecule has 0 amide bonds. The standard InChI is InChI=1S/C18H27N3O4S.HI/c1-18(2)13-21(8-11-26(18,22)23)17(19-3)20-7-6-14-4-5-15-16(12-14)25-10-9-24-15;/h4-5,12H,6-11,13H2,1-3H3,(H,19,20);1H. The van der Waals surface area contributed by atoms with Gasteiger partial charge in [-0.1, -0.05) is 6.07 Å². The first-order chi connectivity index (χ1) is 12.3. The van der Waals surface area contributed by atoms with Crippen molar-refractivity contribution in [2.24, 2.45) is 4.99 Å². The Kier molecular flexibility index (Phi) is 7.23. The van der Waals surface area contributed by atoms with Crippen LogP contribution in [-0.2, 0) is 16.3 Å². The van der Waals surface area contributed by atoms with Gasteiger partial charge < -0.3 is 19.7 Å². The van der Waals surface area contributed by atoms with Crippen molar-refractivity contribution >= 4 is 39.8 Å². The van der Waals surface area contributed by atoms with E-state index in [4.69, 9.17) is 9.47 Å². The lowest BCUT2D eigenvalue weighted by Crippen LogP contribution is -2.57. The molecule has 1 aromatic carbocycles. The molecule has 0 atom stereocenters. The van der Waals surface area contributed by atoms with Crippen LogP contribution in [0.4, 0.5) is 0 Å². The van der Waals surface area contributed by atoms with Crippen LogP contribution in [-0.4, -0.2) is 69.7 Å². The molecule has 0 aromatic heterocycles. The molecule has 0 aliphatic carbocycles. The normalized spacial score (nSPS) is 20.6. The Morgan fingerprint density at radius 2 is 1.96 bits per heavy atom. The van der Waals surface area contributed by atoms with Crippen molar-refractivity contribution in [3.63, 3.8) is 0 Å². The maximum Gasteiger partial charge on any atom is 0.193 e. The summed E-state index contributed by atoms with van der Waals surface area (Å²) in [4.78, 5) is 6.34. The van der Waals surface area contributed by atoms with Gasteiger partial charge in [-0.2, -0.15) is 0 Å². The Morgan fingerprint density at radius 3 is 2.63 bits per heavy atom. The summed E-state index contributed by atoms with van der Waals surface area (Å²) in [7, 11) is -1.33. The van der Waals surface area contributed by atoms with E-state index in [0.717, 1.165) is 29.4 Å². The second-order valence-corrected chi connectivity index (χ2v) is 9.95. The average Bonchev–Trinajstić information content (AvgIpc) is 2.61. The molecule has 27 heavy (non-hydrogen) atoms. The van der Waals surface area contributed by atoms with E-state index in [0.29, 0.717) is 32.8 Å². The molecule has 0 spiro atoms. The lowest BCUT2D eigenvalue weighted by Gasteiger charge is -2.39. The second kappa shape index (κ2) is 8.85. The molecule has 2 aliphatic rings. The van der Waals surface area contributed by atoms with Gasteiger partial charge in [0.1, 0.15) is 13.2 Å². The molecular formula is C18H28IN3O4S. The lowest BCUT2D eigenvalue weighted by molar-refractivity contribution is 0.171. The Bertz CT molecular complexity index is 796. The molecule has 2 heterocycles. The lowest BCUT2D eigenvalue weighted by atomic mass is 10.1. The number of ether oxygens (including phenoxy) is 2. The number of aliphatic imine (C=N–C) groups is 1. The number of benzene rings is 1. The maximum absolute atomic E-state index is 12.2. The van der Waals surface area contributed by atoms with Crippen molar-refractivity contribution in [2.45, 2.75) is 25.0 Å². The largest absolute Gasteiger partial charge is 0.486 e. The second-order valence-electron chi connectivity index (χ2n) is 7.20. The maximum atomic E-state index is 12.2. The van der Waals surface area contributed by atoms with Crippen LogP contribution in [0.3, 0.4) is 0 Å². The molecule has 0 bridgehead atoms. The van der Waals surface area contributed by atoms with Gasteiger partial charge in [0, 0.05) is 26.7 Å². The molecule has 9 heteroatoms. The Morgan fingerprint density at radius 1 is 1.26 bits per heavy atom. The van der Waals surface area contributed by atoms with Gasteiger partial charge in [0.15, 0.2) is 27.3 Å². The predicted octanol–water partition coefficient (Wildman–Crippen LogP) is 1.70. The molecule has 152 valence electrons. The number of rotatable bonds is 3. The molecule has 1 N–H and O–H groups in total. The van der Waals surface area contributed by atoms with Crippen LogP contribution in [0.15, 0.2) is 23.2 Å². The van der Waals surface area contributed by atoms with E-state index >= 15 is 0 Å². The minimum absolute atomic E-state index is 0.